The summed E-state index contributed by atoms with van der Waals surface area (Å²) in [6.45, 7) is 1.38. The molecule has 0 spiro atoms. The van der Waals surface area contributed by atoms with E-state index in [1.54, 1.807) is 0 Å². The Hall–Kier alpha value is -3.30. The normalized spacial score (nSPS) is 16.9. The summed E-state index contributed by atoms with van der Waals surface area (Å²) in [4.78, 5) is 15.7. The van der Waals surface area contributed by atoms with Crippen molar-refractivity contribution in [3.63, 3.8) is 0 Å². The van der Waals surface area contributed by atoms with E-state index >= 15 is 0 Å². The summed E-state index contributed by atoms with van der Waals surface area (Å²) in [5.74, 6) is 0.538. The van der Waals surface area contributed by atoms with Gasteiger partial charge in [0.05, 0.1) is 18.8 Å². The number of nitriles is 1. The number of rotatable bonds is 5. The predicted molar refractivity (Wildman–Crippen MR) is 113 cm³/mol. The molecule has 0 atom stereocenters. The molecule has 0 radical (unpaired) electrons. The van der Waals surface area contributed by atoms with Crippen LogP contribution >= 0.6 is 0 Å². The fourth-order valence-electron chi connectivity index (χ4n) is 3.88. The highest BCUT2D eigenvalue weighted by Gasteiger charge is 2.25. The molecule has 1 aromatic heterocycles. The number of carbonyl (C=O) groups is 1. The molecular formula is C24H23N3O3. The van der Waals surface area contributed by atoms with Gasteiger partial charge in [0, 0.05) is 29.8 Å². The van der Waals surface area contributed by atoms with E-state index < -0.39 is 0 Å². The summed E-state index contributed by atoms with van der Waals surface area (Å²) in [7, 11) is 0. The fraction of sp³-hybridized carbons (Fsp3) is 0.333. The van der Waals surface area contributed by atoms with Crippen LogP contribution in [0.1, 0.15) is 41.7 Å². The maximum Gasteiger partial charge on any atom is 0.267 e. The summed E-state index contributed by atoms with van der Waals surface area (Å²) < 4.78 is 11.5. The van der Waals surface area contributed by atoms with Crippen molar-refractivity contribution < 1.29 is 14.3 Å². The van der Waals surface area contributed by atoms with Crippen molar-refractivity contribution in [2.75, 3.05) is 13.2 Å². The van der Waals surface area contributed by atoms with Crippen LogP contribution in [0.5, 0.6) is 5.75 Å². The number of nitrogens with one attached hydrogen (secondary N) is 2. The Morgan fingerprint density at radius 2 is 1.97 bits per heavy atom. The molecule has 1 saturated heterocycles. The summed E-state index contributed by atoms with van der Waals surface area (Å²) in [5.41, 5.74) is 3.87. The summed E-state index contributed by atoms with van der Waals surface area (Å²) in [6.07, 6.45) is 3.85. The van der Waals surface area contributed by atoms with Crippen molar-refractivity contribution in [3.8, 4) is 22.9 Å². The predicted octanol–water partition coefficient (Wildman–Crippen LogP) is 4.16. The van der Waals surface area contributed by atoms with Crippen LogP contribution in [-0.4, -0.2) is 36.3 Å². The van der Waals surface area contributed by atoms with Crippen molar-refractivity contribution in [3.05, 3.63) is 53.7 Å². The second-order valence-electron chi connectivity index (χ2n) is 7.95. The first-order valence-electron chi connectivity index (χ1n) is 10.4. The van der Waals surface area contributed by atoms with Crippen molar-refractivity contribution in [2.45, 2.75) is 37.8 Å². The maximum absolute atomic E-state index is 12.4. The van der Waals surface area contributed by atoms with Gasteiger partial charge in [0.15, 0.2) is 0 Å². The van der Waals surface area contributed by atoms with Crippen LogP contribution in [0.4, 0.5) is 0 Å². The second-order valence-corrected chi connectivity index (χ2v) is 7.95. The van der Waals surface area contributed by atoms with Crippen LogP contribution in [0.3, 0.4) is 0 Å². The number of benzene rings is 2. The number of aromatic nitrogens is 1. The summed E-state index contributed by atoms with van der Waals surface area (Å²) in [5, 5.41) is 13.7. The molecule has 1 aliphatic carbocycles. The number of amides is 1. The van der Waals surface area contributed by atoms with Gasteiger partial charge in [-0.1, -0.05) is 18.2 Å². The lowest BCUT2D eigenvalue weighted by Crippen LogP contribution is -2.26. The molecule has 3 aromatic rings. The lowest BCUT2D eigenvalue weighted by atomic mass is 9.99. The topological polar surface area (TPSA) is 87.1 Å². The maximum atomic E-state index is 12.4. The SMILES string of the molecule is N#Cc1cc(-c2cccc3[nH]c(C(=O)NC4CC4)cc23)ccc1OC1CCOCC1. The molecule has 0 bridgehead atoms. The van der Waals surface area contributed by atoms with E-state index in [1.807, 2.05) is 42.5 Å². The van der Waals surface area contributed by atoms with Gasteiger partial charge in [0.2, 0.25) is 0 Å². The van der Waals surface area contributed by atoms with Crippen LogP contribution < -0.4 is 10.1 Å². The monoisotopic (exact) mass is 401 g/mol. The van der Waals surface area contributed by atoms with Gasteiger partial charge in [-0.3, -0.25) is 4.79 Å². The first kappa shape index (κ1) is 18.7. The van der Waals surface area contributed by atoms with Gasteiger partial charge < -0.3 is 19.8 Å². The van der Waals surface area contributed by atoms with Crippen LogP contribution in [0.2, 0.25) is 0 Å². The molecule has 0 unspecified atom stereocenters. The summed E-state index contributed by atoms with van der Waals surface area (Å²) in [6, 6.07) is 16.1. The molecule has 30 heavy (non-hydrogen) atoms. The number of hydrogen-bond donors (Lipinski definition) is 2. The van der Waals surface area contributed by atoms with E-state index in [1.165, 1.54) is 0 Å². The third-order valence-electron chi connectivity index (χ3n) is 5.69. The second kappa shape index (κ2) is 7.85. The highest BCUT2D eigenvalue weighted by molar-refractivity contribution is 6.03. The van der Waals surface area contributed by atoms with Gasteiger partial charge >= 0.3 is 0 Å². The lowest BCUT2D eigenvalue weighted by molar-refractivity contribution is 0.0254. The first-order valence-corrected chi connectivity index (χ1v) is 10.4. The highest BCUT2D eigenvalue weighted by Crippen LogP contribution is 2.33. The molecule has 2 aromatic carbocycles. The van der Waals surface area contributed by atoms with E-state index in [2.05, 4.69) is 16.4 Å². The molecule has 152 valence electrons. The van der Waals surface area contributed by atoms with Crippen LogP contribution in [0.25, 0.3) is 22.0 Å². The van der Waals surface area contributed by atoms with Crippen molar-refractivity contribution >= 4 is 16.8 Å². The Balaban J connectivity index is 1.46. The number of H-pyrrole nitrogens is 1. The van der Waals surface area contributed by atoms with Gasteiger partial charge in [-0.25, -0.2) is 0 Å². The Morgan fingerprint density at radius 1 is 1.13 bits per heavy atom. The first-order chi connectivity index (χ1) is 14.7. The average molecular weight is 401 g/mol. The number of aromatic amines is 1. The minimum Gasteiger partial charge on any atom is -0.489 e. The molecule has 2 aliphatic rings. The number of nitrogens with zero attached hydrogens (tertiary/aromatic N) is 1. The van der Waals surface area contributed by atoms with Gasteiger partial charge in [-0.2, -0.15) is 5.26 Å². The Bertz CT molecular complexity index is 1130. The minimum atomic E-state index is -0.0717. The molecule has 6 heteroatoms. The molecular weight excluding hydrogens is 378 g/mol. The van der Waals surface area contributed by atoms with E-state index in [0.717, 1.165) is 47.7 Å². The van der Waals surface area contributed by atoms with Crippen LogP contribution in [0, 0.1) is 11.3 Å². The molecule has 2 heterocycles. The number of hydrogen-bond acceptors (Lipinski definition) is 4. The standard InChI is InChI=1S/C24H23N3O3/c25-14-16-12-15(4-7-23(16)30-18-8-10-29-11-9-18)19-2-1-3-21-20(19)13-22(27-21)24(28)26-17-5-6-17/h1-4,7,12-13,17-18,27H,5-6,8-11H2,(H,26,28). The molecule has 5 rings (SSSR count). The summed E-state index contributed by atoms with van der Waals surface area (Å²) >= 11 is 0. The van der Waals surface area contributed by atoms with E-state index in [0.29, 0.717) is 36.3 Å². The van der Waals surface area contributed by atoms with Crippen molar-refractivity contribution in [2.24, 2.45) is 0 Å². The molecule has 2 fully saturated rings. The highest BCUT2D eigenvalue weighted by atomic mass is 16.5. The van der Waals surface area contributed by atoms with Crippen molar-refractivity contribution in [1.82, 2.24) is 10.3 Å². The molecule has 1 saturated carbocycles. The van der Waals surface area contributed by atoms with Crippen molar-refractivity contribution in [1.29, 1.82) is 5.26 Å². The Labute approximate surface area is 174 Å². The Kier molecular flexibility index (Phi) is 4.89. The zero-order valence-electron chi connectivity index (χ0n) is 16.6. The molecule has 2 N–H and O–H groups in total. The largest absolute Gasteiger partial charge is 0.489 e. The average Bonchev–Trinajstić information content (AvgIpc) is 3.48. The van der Waals surface area contributed by atoms with E-state index in [9.17, 15) is 10.1 Å². The zero-order valence-corrected chi connectivity index (χ0v) is 16.6. The van der Waals surface area contributed by atoms with Gasteiger partial charge in [-0.05, 0) is 48.2 Å². The van der Waals surface area contributed by atoms with Gasteiger partial charge in [0.1, 0.15) is 23.6 Å². The third kappa shape index (κ3) is 3.77. The lowest BCUT2D eigenvalue weighted by Gasteiger charge is -2.24. The minimum absolute atomic E-state index is 0.0717. The van der Waals surface area contributed by atoms with Gasteiger partial charge in [0.25, 0.3) is 5.91 Å². The number of ether oxygens (including phenoxy) is 2. The molecule has 1 aliphatic heterocycles. The van der Waals surface area contributed by atoms with E-state index in [4.69, 9.17) is 9.47 Å². The smallest absolute Gasteiger partial charge is 0.267 e. The number of fused-ring (bicyclic) bond motifs is 1. The van der Waals surface area contributed by atoms with Crippen LogP contribution in [-0.2, 0) is 4.74 Å². The van der Waals surface area contributed by atoms with Gasteiger partial charge in [-0.15, -0.1) is 0 Å². The quantitative estimate of drug-likeness (QED) is 0.672. The number of carbonyl (C=O) groups excluding carboxylic acids is 1. The Morgan fingerprint density at radius 3 is 2.73 bits per heavy atom. The molecule has 6 nitrogen and oxygen atoms in total. The van der Waals surface area contributed by atoms with Crippen LogP contribution in [0.15, 0.2) is 42.5 Å². The zero-order chi connectivity index (χ0) is 20.5. The van der Waals surface area contributed by atoms with E-state index in [-0.39, 0.29) is 12.0 Å². The molecule has 1 amide bonds. The third-order valence-corrected chi connectivity index (χ3v) is 5.69. The fourth-order valence-corrected chi connectivity index (χ4v) is 3.88.